The number of nitrogens with zero attached hydrogens (tertiary/aromatic N) is 5. The van der Waals surface area contributed by atoms with E-state index in [1.165, 1.54) is 78.6 Å². The molecule has 10 saturated carbocycles. The molecular weight excluding hydrogens is 1930 g/mol. The lowest BCUT2D eigenvalue weighted by molar-refractivity contribution is -0.152. The Labute approximate surface area is 867 Å². The van der Waals surface area contributed by atoms with Crippen LogP contribution in [0.25, 0.3) is 5.57 Å². The molecule has 0 bridgehead atoms. The molecule has 7 unspecified atom stereocenters. The van der Waals surface area contributed by atoms with E-state index >= 15 is 0 Å². The van der Waals surface area contributed by atoms with Crippen molar-refractivity contribution in [1.29, 1.82) is 0 Å². The Kier molecular flexibility index (Phi) is 27.9. The van der Waals surface area contributed by atoms with Gasteiger partial charge in [0.15, 0.2) is 0 Å². The number of hydrogen-bond donors (Lipinski definition) is 4. The molecule has 4 aliphatic heterocycles. The van der Waals surface area contributed by atoms with E-state index in [9.17, 15) is 71.2 Å². The van der Waals surface area contributed by atoms with Gasteiger partial charge in [-0.15, -0.1) is 0 Å². The van der Waals surface area contributed by atoms with E-state index in [1.807, 2.05) is 79.8 Å². The zero-order valence-corrected chi connectivity index (χ0v) is 88.3. The fourth-order valence-corrected chi connectivity index (χ4v) is 27.9. The molecule has 0 radical (unpaired) electrons. The maximum atomic E-state index is 14.0. The molecular formula is C117H135Cl4F4N5O15. The minimum Gasteiger partial charge on any atom is -0.492 e. The van der Waals surface area contributed by atoms with Gasteiger partial charge in [0.2, 0.25) is 35.5 Å². The van der Waals surface area contributed by atoms with Crippen molar-refractivity contribution in [2.75, 3.05) is 43.8 Å². The molecule has 5 heterocycles. The number of carboxylic acid groups (broad SMARTS) is 4. The Hall–Kier alpha value is -9.69. The van der Waals surface area contributed by atoms with Gasteiger partial charge >= 0.3 is 23.9 Å². The molecule has 4 N–H and O–H groups in total. The molecule has 1 aromatic heterocycles. The number of hydrogen-bond acceptors (Lipinski definition) is 12. The number of aromatic carboxylic acids is 2. The van der Waals surface area contributed by atoms with Crippen LogP contribution in [0, 0.1) is 68.0 Å². The molecule has 20 nitrogen and oxygen atoms in total. The van der Waals surface area contributed by atoms with E-state index in [2.05, 4.69) is 104 Å². The lowest BCUT2D eigenvalue weighted by Gasteiger charge is -2.50. The summed E-state index contributed by atoms with van der Waals surface area (Å²) < 4.78 is 72.6. The number of alkyl halides is 4. The Morgan fingerprint density at radius 3 is 1.61 bits per heavy atom. The van der Waals surface area contributed by atoms with Gasteiger partial charge in [-0.25, -0.2) is 32.1 Å². The van der Waals surface area contributed by atoms with Gasteiger partial charge in [-0.2, -0.15) is 0 Å². The number of aromatic nitrogens is 1. The summed E-state index contributed by atoms with van der Waals surface area (Å²) in [6.07, 6.45) is 28.3. The number of anilines is 2. The predicted molar refractivity (Wildman–Crippen MR) is 551 cm³/mol. The molecule has 6 aromatic rings. The Bertz CT molecular complexity index is 6360. The third-order valence-electron chi connectivity index (χ3n) is 36.9. The molecule has 11 aliphatic carbocycles. The maximum Gasteiger partial charge on any atom is 0.337 e. The normalized spacial score (nSPS) is 31.0. The second-order valence-corrected chi connectivity index (χ2v) is 49.7. The number of aliphatic carboxylic acids is 2. The summed E-state index contributed by atoms with van der Waals surface area (Å²) in [7, 11) is 3.37. The van der Waals surface area contributed by atoms with Crippen molar-refractivity contribution in [2.45, 2.75) is 301 Å². The van der Waals surface area contributed by atoms with Crippen molar-refractivity contribution >= 4 is 111 Å². The molecule has 4 amide bonds. The standard InChI is InChI=1S/C30H38ClNO4.C30H34ClNO4.C29H32ClF2NO4.C28H31ClF2N2O3/c1-17(2)18-9-19(10-18)22-6-5-20(11-24(22)31)28(3)14-26(33)32(15-21(28)7-8-36-4)25-13-30(27(34)35)16-29(30)12-23(25)29;1-29(2)14-11-20(12-15-29)25-10-7-22(17-26(25)31)30(3)18-27(33)32(19-23(30)13-16-36-4)24-8-5-21(6-9-24)28(34)35;1-25(19-5-6-22(21(30)9-19)37-8-7-17-3-2-4-17)12-23(34)33(13-20(25)18-10-29(31,32)11-18)28-15-26(24(35)36)14-27(26,28)16-28;1-26(2,3)10-9-17-5-7-20(11-22(17)29)27(4)14-24(34)33(16-21(27)19-12-28(30,31)13-19)23-8-6-18(15-32-23)25(35)36/h5-6,11,15,17-19,23,25H,7-10,12-14,16H2,1-4H3,(H,34,35);5-11,17,19H,12-16,18H2,1-4H3,(H,34,35);5-6,9,13,17-18H,2-4,7-8,10-12,14-16H2,1H3,(H,35,36);5-8,11,15-16,19H,9-10,12-14H2,1-4H3,(H,35,36)/t18?,19?,23?,25?,28-,29?,30?;30-;25-,26?,27?,28?;27-/m0000/s1. The molecule has 5 aromatic carbocycles. The van der Waals surface area contributed by atoms with Crippen LogP contribution in [-0.4, -0.2) is 140 Å². The molecule has 15 aliphatic rings. The van der Waals surface area contributed by atoms with Crippen molar-refractivity contribution < 1.29 is 90.6 Å². The highest BCUT2D eigenvalue weighted by atomic mass is 35.5. The number of benzene rings is 5. The Morgan fingerprint density at radius 1 is 0.545 bits per heavy atom. The summed E-state index contributed by atoms with van der Waals surface area (Å²) in [6.45, 7) is 25.5. The van der Waals surface area contributed by atoms with Crippen LogP contribution >= 0.6 is 46.4 Å². The van der Waals surface area contributed by atoms with E-state index in [0.29, 0.717) is 108 Å². The highest BCUT2D eigenvalue weighted by Gasteiger charge is 3.01. The van der Waals surface area contributed by atoms with Crippen molar-refractivity contribution in [3.05, 3.63) is 239 Å². The lowest BCUT2D eigenvalue weighted by Crippen LogP contribution is -2.55. The summed E-state index contributed by atoms with van der Waals surface area (Å²) in [5.74, 6) is -6.07. The monoisotopic (exact) mass is 2070 g/mol. The van der Waals surface area contributed by atoms with E-state index in [4.69, 9.17) is 65.7 Å². The maximum absolute atomic E-state index is 14.0. The molecule has 145 heavy (non-hydrogen) atoms. The van der Waals surface area contributed by atoms with Crippen LogP contribution in [0.3, 0.4) is 0 Å². The topological polar surface area (TPSA) is 271 Å². The van der Waals surface area contributed by atoms with Gasteiger partial charge < -0.3 is 44.4 Å². The van der Waals surface area contributed by atoms with Gasteiger partial charge in [0.25, 0.3) is 0 Å². The van der Waals surface area contributed by atoms with Crippen LogP contribution in [-0.2, 0) is 66.3 Å². The van der Waals surface area contributed by atoms with Crippen LogP contribution in [0.15, 0.2) is 169 Å². The van der Waals surface area contributed by atoms with E-state index in [1.54, 1.807) is 42.4 Å². The van der Waals surface area contributed by atoms with Crippen molar-refractivity contribution in [1.82, 2.24) is 14.8 Å². The van der Waals surface area contributed by atoms with Gasteiger partial charge in [0, 0.05) is 164 Å². The summed E-state index contributed by atoms with van der Waals surface area (Å²) in [4.78, 5) is 111. The first-order valence-corrected chi connectivity index (χ1v) is 53.1. The Morgan fingerprint density at radius 2 is 1.10 bits per heavy atom. The smallest absolute Gasteiger partial charge is 0.337 e. The van der Waals surface area contributed by atoms with Gasteiger partial charge in [-0.1, -0.05) is 190 Å². The number of carboxylic acids is 4. The first kappa shape index (κ1) is 105. The number of rotatable bonds is 29. The number of halogens is 8. The van der Waals surface area contributed by atoms with Gasteiger partial charge in [0.05, 0.1) is 39.1 Å². The van der Waals surface area contributed by atoms with Crippen molar-refractivity contribution in [3.8, 4) is 5.75 Å². The fourth-order valence-electron chi connectivity index (χ4n) is 26.7. The highest BCUT2D eigenvalue weighted by Crippen LogP contribution is 2.98. The molecule has 28 heteroatoms. The van der Waals surface area contributed by atoms with Gasteiger partial charge in [0.1, 0.15) is 11.6 Å². The molecule has 774 valence electrons. The molecule has 10 fully saturated rings. The number of amides is 4. The summed E-state index contributed by atoms with van der Waals surface area (Å²) >= 11 is 27.0. The third kappa shape index (κ3) is 19.3. The average molecular weight is 2070 g/mol. The SMILES string of the molecule is CC(C)(C)CCc1ccc([C@]2(C)CC(=O)N(c3ccc(C(=O)O)cn3)C=C2C2CC(F)(F)C2)cc1Cl.COCCC1=CN(C2CC3(C(=O)O)CC34CC24)C(=O)C[C@@]1(C)c1ccc(C2CC(C(C)C)C2)c(Cl)c1.COCCC1=CN(c2ccc(C(=O)O)cc2)C(=O)C[C@@]1(C)c1ccc(C2=CCC(C)(C)CC2)c(Cl)c1.C[C@@]1(c2ccc(OCCC3CCC3)c(Cl)c2)CC(=O)N(C23CC4(C(=O)O)CC42C3)C=C1C1CC(F)(F)C1. The Balaban J connectivity index is 0.000000127. The van der Waals surface area contributed by atoms with Crippen LogP contribution in [0.2, 0.25) is 20.1 Å². The quantitative estimate of drug-likeness (QED) is 0.0318. The van der Waals surface area contributed by atoms with Crippen LogP contribution < -0.4 is 14.5 Å². The van der Waals surface area contributed by atoms with E-state index in [0.717, 1.165) is 130 Å². The molecule has 0 saturated heterocycles. The lowest BCUT2D eigenvalue weighted by atomic mass is 9.61. The van der Waals surface area contributed by atoms with Gasteiger partial charge in [-0.05, 0) is 294 Å². The fraction of sp³-hybridized carbons (Fsp3) is 0.547. The largest absolute Gasteiger partial charge is 0.492 e. The molecule has 21 rings (SSSR count). The molecule has 2 spiro atoms. The number of methoxy groups -OCH3 is 2. The predicted octanol–water partition coefficient (Wildman–Crippen LogP) is 26.8. The molecule has 11 atom stereocenters. The number of pyridine rings is 1. The number of allylic oxidation sites excluding steroid dienone is 4. The van der Waals surface area contributed by atoms with Crippen LogP contribution in [0.4, 0.5) is 29.1 Å². The zero-order valence-electron chi connectivity index (χ0n) is 85.2. The van der Waals surface area contributed by atoms with E-state index in [-0.39, 0.29) is 114 Å². The third-order valence-corrected chi connectivity index (χ3v) is 38.2. The number of carbonyl (C=O) groups is 8. The van der Waals surface area contributed by atoms with Crippen molar-refractivity contribution in [3.63, 3.8) is 0 Å². The summed E-state index contributed by atoms with van der Waals surface area (Å²) in [6, 6.07) is 33.2. The summed E-state index contributed by atoms with van der Waals surface area (Å²) in [5, 5.41) is 40.5. The van der Waals surface area contributed by atoms with Crippen LogP contribution in [0.5, 0.6) is 5.75 Å². The van der Waals surface area contributed by atoms with Crippen LogP contribution in [0.1, 0.15) is 309 Å². The first-order valence-electron chi connectivity index (χ1n) is 51.6. The number of ether oxygens (including phenoxy) is 3. The second-order valence-electron chi connectivity index (χ2n) is 48.1. The minimum absolute atomic E-state index is 0.00271. The van der Waals surface area contributed by atoms with Crippen molar-refractivity contribution in [2.24, 2.45) is 68.0 Å². The first-order chi connectivity index (χ1) is 68.2. The average Bonchev–Trinajstić information content (AvgIpc) is 1.39. The van der Waals surface area contributed by atoms with Gasteiger partial charge in [-0.3, -0.25) is 38.6 Å². The highest BCUT2D eigenvalue weighted by molar-refractivity contribution is 6.33. The second kappa shape index (κ2) is 38.4. The minimum atomic E-state index is -2.73. The number of aryl methyl sites for hydroxylation is 1. The summed E-state index contributed by atoms with van der Waals surface area (Å²) in [5.41, 5.74) is 8.79. The number of carbonyl (C=O) groups excluding carboxylic acids is 4. The zero-order chi connectivity index (χ0) is 104. The van der Waals surface area contributed by atoms with E-state index < -0.39 is 79.7 Å².